The molecule has 39 heavy (non-hydrogen) atoms. The summed E-state index contributed by atoms with van der Waals surface area (Å²) >= 11 is 0. The molecule has 4 rings (SSSR count). The van der Waals surface area contributed by atoms with Gasteiger partial charge in [0.15, 0.2) is 11.5 Å². The highest BCUT2D eigenvalue weighted by atomic mass is 16.5. The van der Waals surface area contributed by atoms with Crippen molar-refractivity contribution < 1.29 is 34.0 Å². The van der Waals surface area contributed by atoms with E-state index in [9.17, 15) is 19.8 Å². The maximum absolute atomic E-state index is 13.8. The Morgan fingerprint density at radius 1 is 0.897 bits per heavy atom. The van der Waals surface area contributed by atoms with Crippen molar-refractivity contribution in [3.8, 4) is 23.4 Å². The van der Waals surface area contributed by atoms with Crippen LogP contribution < -0.4 is 19.5 Å². The van der Waals surface area contributed by atoms with Crippen LogP contribution in [0.25, 0.3) is 0 Å². The van der Waals surface area contributed by atoms with Gasteiger partial charge >= 0.3 is 12.0 Å². The Hall–Kier alpha value is -5.19. The summed E-state index contributed by atoms with van der Waals surface area (Å²) in [7, 11) is 2.74. The van der Waals surface area contributed by atoms with Gasteiger partial charge in [-0.25, -0.2) is 4.79 Å². The number of hydrogen-bond acceptors (Lipinski definition) is 9. The minimum absolute atomic E-state index is 0.0740. The number of rotatable bonds is 10. The fraction of sp³-hybridized carbons (Fsp3) is 0.179. The molecule has 0 aliphatic carbocycles. The number of methoxy groups -OCH3 is 2. The molecule has 0 saturated carbocycles. The minimum Gasteiger partial charge on any atom is -0.504 e. The van der Waals surface area contributed by atoms with E-state index >= 15 is 0 Å². The van der Waals surface area contributed by atoms with Gasteiger partial charge in [-0.1, -0.05) is 65.8 Å². The van der Waals surface area contributed by atoms with E-state index in [4.69, 9.17) is 14.2 Å². The molecule has 1 aromatic heterocycles. The number of amides is 1. The van der Waals surface area contributed by atoms with Crippen LogP contribution in [0.4, 0.5) is 0 Å². The molecular formula is C28H26N4O7. The minimum atomic E-state index is -1.79. The summed E-state index contributed by atoms with van der Waals surface area (Å²) in [5, 5.41) is 31.3. The summed E-state index contributed by atoms with van der Waals surface area (Å²) < 4.78 is 16.2. The second-order valence-electron chi connectivity index (χ2n) is 8.41. The maximum Gasteiger partial charge on any atom is 0.348 e. The number of carboxylic acids is 1. The van der Waals surface area contributed by atoms with Gasteiger partial charge in [0.05, 0.1) is 14.2 Å². The number of ether oxygens (including phenoxy) is 3. The predicted octanol–water partition coefficient (Wildman–Crippen LogP) is 3.11. The van der Waals surface area contributed by atoms with E-state index in [1.165, 1.54) is 32.4 Å². The summed E-state index contributed by atoms with van der Waals surface area (Å²) in [5.74, 6) is -2.04. The highest BCUT2D eigenvalue weighted by molar-refractivity contribution is 5.96. The molecular weight excluding hydrogens is 504 g/mol. The number of carboxylic acid groups (broad SMARTS) is 1. The van der Waals surface area contributed by atoms with Gasteiger partial charge in [-0.2, -0.15) is 4.98 Å². The molecule has 1 amide bonds. The second-order valence-corrected chi connectivity index (χ2v) is 8.41. The number of benzene rings is 3. The van der Waals surface area contributed by atoms with Crippen molar-refractivity contribution >= 4 is 11.9 Å². The predicted molar refractivity (Wildman–Crippen MR) is 139 cm³/mol. The van der Waals surface area contributed by atoms with Crippen LogP contribution in [-0.2, 0) is 10.3 Å². The lowest BCUT2D eigenvalue weighted by Crippen LogP contribution is -2.60. The van der Waals surface area contributed by atoms with Crippen molar-refractivity contribution in [1.29, 1.82) is 0 Å². The number of phenolic OH excluding ortho intramolecular Hbond substituents is 1. The highest BCUT2D eigenvalue weighted by Crippen LogP contribution is 2.36. The standard InChI is InChI=1S/C28H26N4O7/c1-17-25(38-3)29-27(32-31-17)39-23(26(35)36)28(19-10-6-4-7-11-19,20-12-8-5-9-13-20)30-24(34)18-14-15-21(33)22(16-18)37-2/h4-16,23,33H,1-3H3,(H,30,34)(H,35,36). The third-order valence-electron chi connectivity index (χ3n) is 6.04. The summed E-state index contributed by atoms with van der Waals surface area (Å²) in [6, 6.07) is 20.8. The van der Waals surface area contributed by atoms with Gasteiger partial charge < -0.3 is 29.7 Å². The molecule has 1 unspecified atom stereocenters. The molecule has 0 spiro atoms. The monoisotopic (exact) mass is 530 g/mol. The van der Waals surface area contributed by atoms with Crippen LogP contribution in [0.5, 0.6) is 23.4 Å². The largest absolute Gasteiger partial charge is 0.504 e. The molecule has 0 bridgehead atoms. The normalized spacial score (nSPS) is 11.8. The van der Waals surface area contributed by atoms with E-state index in [2.05, 4.69) is 20.5 Å². The number of carbonyl (C=O) groups is 2. The van der Waals surface area contributed by atoms with Gasteiger partial charge in [-0.05, 0) is 36.2 Å². The fourth-order valence-electron chi connectivity index (χ4n) is 4.17. The molecule has 0 radical (unpaired) electrons. The van der Waals surface area contributed by atoms with Crippen molar-refractivity contribution in [2.75, 3.05) is 14.2 Å². The lowest BCUT2D eigenvalue weighted by atomic mass is 9.77. The van der Waals surface area contributed by atoms with Crippen LogP contribution in [0.15, 0.2) is 78.9 Å². The molecule has 0 aliphatic heterocycles. The van der Waals surface area contributed by atoms with Crippen LogP contribution in [-0.4, -0.2) is 57.6 Å². The Labute approximate surface area is 224 Å². The number of aromatic hydroxyl groups is 1. The van der Waals surface area contributed by atoms with Crippen molar-refractivity contribution in [2.24, 2.45) is 0 Å². The Morgan fingerprint density at radius 2 is 1.51 bits per heavy atom. The first-order valence-electron chi connectivity index (χ1n) is 11.8. The number of carbonyl (C=O) groups excluding carboxylic acids is 1. The van der Waals surface area contributed by atoms with Gasteiger partial charge in [0.2, 0.25) is 12.0 Å². The maximum atomic E-state index is 13.8. The van der Waals surface area contributed by atoms with E-state index in [-0.39, 0.29) is 29.0 Å². The number of phenols is 1. The number of aliphatic carboxylic acids is 1. The lowest BCUT2D eigenvalue weighted by Gasteiger charge is -2.39. The zero-order valence-corrected chi connectivity index (χ0v) is 21.4. The van der Waals surface area contributed by atoms with E-state index in [1.54, 1.807) is 67.6 Å². The smallest absolute Gasteiger partial charge is 0.348 e. The zero-order chi connectivity index (χ0) is 28.0. The average molecular weight is 531 g/mol. The number of aryl methyl sites for hydroxylation is 1. The zero-order valence-electron chi connectivity index (χ0n) is 21.4. The lowest BCUT2D eigenvalue weighted by molar-refractivity contribution is -0.149. The molecule has 0 aliphatic rings. The summed E-state index contributed by atoms with van der Waals surface area (Å²) in [6.45, 7) is 1.63. The van der Waals surface area contributed by atoms with Gasteiger partial charge in [0.1, 0.15) is 11.2 Å². The van der Waals surface area contributed by atoms with Gasteiger partial charge in [0.25, 0.3) is 5.91 Å². The molecule has 3 N–H and O–H groups in total. The van der Waals surface area contributed by atoms with Crippen LogP contribution in [0.1, 0.15) is 27.2 Å². The summed E-state index contributed by atoms with van der Waals surface area (Å²) in [4.78, 5) is 30.8. The van der Waals surface area contributed by atoms with Crippen molar-refractivity contribution in [2.45, 2.75) is 18.6 Å². The van der Waals surface area contributed by atoms with Gasteiger partial charge in [0, 0.05) is 5.56 Å². The molecule has 1 heterocycles. The molecule has 11 nitrogen and oxygen atoms in total. The fourth-order valence-corrected chi connectivity index (χ4v) is 4.17. The second kappa shape index (κ2) is 11.5. The number of hydrogen-bond donors (Lipinski definition) is 3. The first kappa shape index (κ1) is 26.9. The number of nitrogens with zero attached hydrogens (tertiary/aromatic N) is 3. The van der Waals surface area contributed by atoms with Crippen molar-refractivity contribution in [3.63, 3.8) is 0 Å². The molecule has 3 aromatic carbocycles. The average Bonchev–Trinajstić information content (AvgIpc) is 2.96. The van der Waals surface area contributed by atoms with Crippen LogP contribution in [0, 0.1) is 6.92 Å². The van der Waals surface area contributed by atoms with E-state index in [1.807, 2.05) is 0 Å². The first-order chi connectivity index (χ1) is 18.8. The van der Waals surface area contributed by atoms with Crippen molar-refractivity contribution in [3.05, 3.63) is 101 Å². The SMILES string of the molecule is COc1cc(C(=O)NC(c2ccccc2)(c2ccccc2)C(Oc2nnc(C)c(OC)n2)C(=O)O)ccc1O. The van der Waals surface area contributed by atoms with E-state index in [0.717, 1.165) is 0 Å². The molecule has 4 aromatic rings. The van der Waals surface area contributed by atoms with E-state index < -0.39 is 23.5 Å². The van der Waals surface area contributed by atoms with Gasteiger partial charge in [-0.3, -0.25) is 4.79 Å². The summed E-state index contributed by atoms with van der Waals surface area (Å²) in [5.41, 5.74) is -0.481. The third kappa shape index (κ3) is 5.42. The van der Waals surface area contributed by atoms with Crippen LogP contribution in [0.2, 0.25) is 0 Å². The third-order valence-corrected chi connectivity index (χ3v) is 6.04. The number of nitrogens with one attached hydrogen (secondary N) is 1. The van der Waals surface area contributed by atoms with E-state index in [0.29, 0.717) is 16.8 Å². The topological polar surface area (TPSA) is 153 Å². The Balaban J connectivity index is 1.93. The number of aromatic nitrogens is 3. The van der Waals surface area contributed by atoms with Gasteiger partial charge in [-0.15, -0.1) is 5.10 Å². The molecule has 1 atom stereocenters. The molecule has 0 fully saturated rings. The quantitative estimate of drug-likeness (QED) is 0.279. The molecule has 0 saturated heterocycles. The Bertz CT molecular complexity index is 1430. The van der Waals surface area contributed by atoms with Crippen LogP contribution in [0.3, 0.4) is 0 Å². The summed E-state index contributed by atoms with van der Waals surface area (Å²) in [6.07, 6.45) is -1.78. The van der Waals surface area contributed by atoms with Crippen molar-refractivity contribution in [1.82, 2.24) is 20.5 Å². The molecule has 11 heteroatoms. The Kier molecular flexibility index (Phi) is 7.90. The first-order valence-corrected chi connectivity index (χ1v) is 11.8. The highest BCUT2D eigenvalue weighted by Gasteiger charge is 2.50. The molecule has 200 valence electrons. The van der Waals surface area contributed by atoms with Crippen LogP contribution >= 0.6 is 0 Å². The Morgan fingerprint density at radius 3 is 2.05 bits per heavy atom.